The monoisotopic (exact) mass is 194 g/mol. The largest absolute Gasteiger partial charge is 0.369 e. The van der Waals surface area contributed by atoms with Gasteiger partial charge in [0.25, 0.3) is 0 Å². The van der Waals surface area contributed by atoms with Crippen LogP contribution in [0.3, 0.4) is 0 Å². The van der Waals surface area contributed by atoms with E-state index in [1.807, 2.05) is 0 Å². The molecular formula is C13H22O. The van der Waals surface area contributed by atoms with E-state index in [-0.39, 0.29) is 11.2 Å². The van der Waals surface area contributed by atoms with Gasteiger partial charge in [-0.05, 0) is 59.3 Å². The Hall–Kier alpha value is -0.300. The summed E-state index contributed by atoms with van der Waals surface area (Å²) in [5, 5.41) is 0. The van der Waals surface area contributed by atoms with E-state index in [2.05, 4.69) is 40.7 Å². The summed E-state index contributed by atoms with van der Waals surface area (Å²) in [6.45, 7) is 11.2. The second-order valence-corrected chi connectivity index (χ2v) is 6.01. The van der Waals surface area contributed by atoms with E-state index in [4.69, 9.17) is 4.74 Å². The van der Waals surface area contributed by atoms with Crippen molar-refractivity contribution >= 4 is 0 Å². The van der Waals surface area contributed by atoms with Crippen LogP contribution < -0.4 is 0 Å². The Morgan fingerprint density at radius 2 is 1.71 bits per heavy atom. The Labute approximate surface area is 87.5 Å². The minimum atomic E-state index is 0.0592. The van der Waals surface area contributed by atoms with Gasteiger partial charge in [0.15, 0.2) is 0 Å². The van der Waals surface area contributed by atoms with Crippen LogP contribution in [0.2, 0.25) is 0 Å². The van der Waals surface area contributed by atoms with Gasteiger partial charge in [-0.2, -0.15) is 0 Å². The molecule has 0 bridgehead atoms. The summed E-state index contributed by atoms with van der Waals surface area (Å²) >= 11 is 0. The summed E-state index contributed by atoms with van der Waals surface area (Å²) < 4.78 is 6.20. The lowest BCUT2D eigenvalue weighted by Crippen LogP contribution is -2.32. The highest BCUT2D eigenvalue weighted by atomic mass is 16.5. The molecule has 1 nitrogen and oxygen atoms in total. The fraction of sp³-hybridized carbons (Fsp3) is 0.846. The minimum absolute atomic E-state index is 0.0592. The molecule has 1 heterocycles. The van der Waals surface area contributed by atoms with Crippen LogP contribution in [0.15, 0.2) is 11.6 Å². The number of ether oxygens (including phenoxy) is 1. The summed E-state index contributed by atoms with van der Waals surface area (Å²) in [6.07, 6.45) is 4.82. The number of allylic oxidation sites excluding steroid dienone is 2. The van der Waals surface area contributed by atoms with E-state index in [0.29, 0.717) is 11.8 Å². The zero-order chi connectivity index (χ0) is 10.6. The Morgan fingerprint density at radius 3 is 2.36 bits per heavy atom. The van der Waals surface area contributed by atoms with Gasteiger partial charge < -0.3 is 4.74 Å². The van der Waals surface area contributed by atoms with E-state index in [9.17, 15) is 0 Å². The van der Waals surface area contributed by atoms with Crippen molar-refractivity contribution in [1.29, 1.82) is 0 Å². The van der Waals surface area contributed by atoms with Gasteiger partial charge in [-0.15, -0.1) is 0 Å². The van der Waals surface area contributed by atoms with Gasteiger partial charge in [0, 0.05) is 0 Å². The minimum Gasteiger partial charge on any atom is -0.369 e. The molecule has 14 heavy (non-hydrogen) atoms. The number of hydrogen-bond acceptors (Lipinski definition) is 1. The summed E-state index contributed by atoms with van der Waals surface area (Å²) in [4.78, 5) is 0. The molecule has 0 aromatic carbocycles. The van der Waals surface area contributed by atoms with Crippen molar-refractivity contribution < 1.29 is 4.74 Å². The third-order valence-corrected chi connectivity index (χ3v) is 4.06. The maximum absolute atomic E-state index is 6.20. The van der Waals surface area contributed by atoms with Gasteiger partial charge in [-0.1, -0.05) is 11.6 Å². The highest BCUT2D eigenvalue weighted by molar-refractivity contribution is 5.14. The first kappa shape index (κ1) is 10.2. The van der Waals surface area contributed by atoms with Gasteiger partial charge in [-0.3, -0.25) is 0 Å². The molecule has 2 aliphatic rings. The van der Waals surface area contributed by atoms with Crippen molar-refractivity contribution in [3.63, 3.8) is 0 Å². The summed E-state index contributed by atoms with van der Waals surface area (Å²) in [5.74, 6) is 1.42. The van der Waals surface area contributed by atoms with Crippen LogP contribution in [0.1, 0.15) is 47.5 Å². The third-order valence-electron chi connectivity index (χ3n) is 4.06. The fourth-order valence-electron chi connectivity index (χ4n) is 3.39. The summed E-state index contributed by atoms with van der Waals surface area (Å²) in [6, 6.07) is 0. The summed E-state index contributed by atoms with van der Waals surface area (Å²) in [5.41, 5.74) is 1.66. The first-order valence-corrected chi connectivity index (χ1v) is 5.69. The van der Waals surface area contributed by atoms with Crippen LogP contribution in [0, 0.1) is 11.8 Å². The van der Waals surface area contributed by atoms with Crippen molar-refractivity contribution in [2.45, 2.75) is 58.7 Å². The van der Waals surface area contributed by atoms with Gasteiger partial charge >= 0.3 is 0 Å². The number of fused-ring (bicyclic) bond motifs is 1. The molecule has 0 aromatic rings. The molecule has 0 aromatic heterocycles. The second-order valence-electron chi connectivity index (χ2n) is 6.01. The predicted octanol–water partition coefficient (Wildman–Crippen LogP) is 3.55. The van der Waals surface area contributed by atoms with Crippen molar-refractivity contribution in [3.8, 4) is 0 Å². The Bertz CT molecular complexity index is 273. The Kier molecular flexibility index (Phi) is 2.08. The molecule has 1 heteroatoms. The Morgan fingerprint density at radius 1 is 1.14 bits per heavy atom. The van der Waals surface area contributed by atoms with Crippen LogP contribution in [0.25, 0.3) is 0 Å². The van der Waals surface area contributed by atoms with Crippen molar-refractivity contribution in [1.82, 2.24) is 0 Å². The first-order valence-electron chi connectivity index (χ1n) is 5.69. The molecule has 0 spiro atoms. The topological polar surface area (TPSA) is 9.23 Å². The maximum atomic E-state index is 6.20. The highest BCUT2D eigenvalue weighted by Gasteiger charge is 2.53. The van der Waals surface area contributed by atoms with Gasteiger partial charge in [0.1, 0.15) is 0 Å². The fourth-order valence-corrected chi connectivity index (χ4v) is 3.39. The van der Waals surface area contributed by atoms with Crippen molar-refractivity contribution in [3.05, 3.63) is 11.6 Å². The molecule has 0 N–H and O–H groups in total. The lowest BCUT2D eigenvalue weighted by Gasteiger charge is -2.32. The van der Waals surface area contributed by atoms with Gasteiger partial charge in [0.05, 0.1) is 11.2 Å². The van der Waals surface area contributed by atoms with Crippen LogP contribution in [0.5, 0.6) is 0 Å². The molecule has 1 aliphatic carbocycles. The van der Waals surface area contributed by atoms with E-state index in [1.54, 1.807) is 5.57 Å². The van der Waals surface area contributed by atoms with Crippen LogP contribution in [-0.4, -0.2) is 11.2 Å². The molecule has 0 radical (unpaired) electrons. The lowest BCUT2D eigenvalue weighted by atomic mass is 9.70. The molecule has 2 unspecified atom stereocenters. The maximum Gasteiger partial charge on any atom is 0.0668 e. The van der Waals surface area contributed by atoms with E-state index >= 15 is 0 Å². The molecule has 2 atom stereocenters. The van der Waals surface area contributed by atoms with E-state index in [1.165, 1.54) is 12.8 Å². The Balaban J connectivity index is 2.32. The summed E-state index contributed by atoms with van der Waals surface area (Å²) in [7, 11) is 0. The van der Waals surface area contributed by atoms with Crippen LogP contribution in [0.4, 0.5) is 0 Å². The van der Waals surface area contributed by atoms with Crippen LogP contribution >= 0.6 is 0 Å². The number of rotatable bonds is 0. The number of hydrogen-bond donors (Lipinski definition) is 0. The molecule has 1 fully saturated rings. The third kappa shape index (κ3) is 1.42. The first-order chi connectivity index (χ1) is 6.33. The van der Waals surface area contributed by atoms with Gasteiger partial charge in [0.2, 0.25) is 0 Å². The van der Waals surface area contributed by atoms with Crippen LogP contribution in [-0.2, 0) is 4.74 Å². The molecule has 1 aliphatic heterocycles. The smallest absolute Gasteiger partial charge is 0.0668 e. The average Bonchev–Trinajstić information content (AvgIpc) is 2.17. The van der Waals surface area contributed by atoms with Crippen molar-refractivity contribution in [2.24, 2.45) is 11.8 Å². The average molecular weight is 194 g/mol. The molecule has 0 amide bonds. The van der Waals surface area contributed by atoms with Crippen molar-refractivity contribution in [2.75, 3.05) is 0 Å². The second kappa shape index (κ2) is 2.85. The standard InChI is InChI=1S/C13H22O/c1-9-6-7-10-11(8-9)13(4,5)14-12(10,2)3/h6,10-11H,7-8H2,1-5H3. The van der Waals surface area contributed by atoms with E-state index < -0.39 is 0 Å². The quantitative estimate of drug-likeness (QED) is 0.536. The zero-order valence-corrected chi connectivity index (χ0v) is 10.1. The highest BCUT2D eigenvalue weighted by Crippen LogP contribution is 2.52. The predicted molar refractivity (Wildman–Crippen MR) is 59.2 cm³/mol. The SMILES string of the molecule is CC1=CCC2C(C1)C(C)(C)OC2(C)C. The molecule has 1 saturated heterocycles. The molecular weight excluding hydrogens is 172 g/mol. The lowest BCUT2D eigenvalue weighted by molar-refractivity contribution is -0.0800. The normalized spacial score (nSPS) is 39.1. The van der Waals surface area contributed by atoms with E-state index in [0.717, 1.165) is 0 Å². The molecule has 0 saturated carbocycles. The molecule has 2 rings (SSSR count). The molecule has 80 valence electrons. The van der Waals surface area contributed by atoms with Gasteiger partial charge in [-0.25, -0.2) is 0 Å². The zero-order valence-electron chi connectivity index (χ0n) is 10.1.